The Balaban J connectivity index is 2.30. The first-order valence-electron chi connectivity index (χ1n) is 6.33. The van der Waals surface area contributed by atoms with Crippen molar-refractivity contribution in [2.24, 2.45) is 0 Å². The van der Waals surface area contributed by atoms with E-state index in [1.54, 1.807) is 24.4 Å². The Morgan fingerprint density at radius 3 is 2.86 bits per heavy atom. The Labute approximate surface area is 122 Å². The van der Waals surface area contributed by atoms with Gasteiger partial charge in [0, 0.05) is 18.0 Å². The molecule has 0 aliphatic carbocycles. The van der Waals surface area contributed by atoms with Crippen molar-refractivity contribution in [3.8, 4) is 12.3 Å². The van der Waals surface area contributed by atoms with Crippen molar-refractivity contribution < 1.29 is 14.3 Å². The van der Waals surface area contributed by atoms with Gasteiger partial charge in [-0.05, 0) is 12.1 Å². The van der Waals surface area contributed by atoms with Crippen molar-refractivity contribution in [3.63, 3.8) is 0 Å². The zero-order valence-corrected chi connectivity index (χ0v) is 11.5. The average Bonchev–Trinajstić information content (AvgIpc) is 2.53. The van der Waals surface area contributed by atoms with E-state index in [1.165, 1.54) is 7.11 Å². The molecule has 0 saturated heterocycles. The molecule has 0 aliphatic rings. The largest absolute Gasteiger partial charge is 0.467 e. The van der Waals surface area contributed by atoms with Crippen LogP contribution in [0.15, 0.2) is 36.5 Å². The zero-order chi connectivity index (χ0) is 15.2. The summed E-state index contributed by atoms with van der Waals surface area (Å²) >= 11 is 0. The van der Waals surface area contributed by atoms with Crippen LogP contribution in [-0.4, -0.2) is 30.0 Å². The van der Waals surface area contributed by atoms with Crippen molar-refractivity contribution in [1.82, 2.24) is 10.3 Å². The molecule has 1 aromatic carbocycles. The number of rotatable bonds is 4. The quantitative estimate of drug-likeness (QED) is 0.682. The van der Waals surface area contributed by atoms with Crippen molar-refractivity contribution in [3.05, 3.63) is 42.1 Å². The summed E-state index contributed by atoms with van der Waals surface area (Å²) in [4.78, 5) is 28.1. The van der Waals surface area contributed by atoms with Gasteiger partial charge in [0.05, 0.1) is 18.2 Å². The Morgan fingerprint density at radius 2 is 2.14 bits per heavy atom. The van der Waals surface area contributed by atoms with Crippen LogP contribution >= 0.6 is 0 Å². The maximum atomic E-state index is 12.3. The molecule has 1 N–H and O–H groups in total. The van der Waals surface area contributed by atoms with Gasteiger partial charge in [-0.15, -0.1) is 12.3 Å². The topological polar surface area (TPSA) is 68.3 Å². The van der Waals surface area contributed by atoms with Crippen LogP contribution in [0.1, 0.15) is 16.8 Å². The van der Waals surface area contributed by atoms with Crippen LogP contribution in [0.2, 0.25) is 0 Å². The van der Waals surface area contributed by atoms with Gasteiger partial charge in [-0.1, -0.05) is 18.2 Å². The van der Waals surface area contributed by atoms with Crippen molar-refractivity contribution in [2.45, 2.75) is 12.5 Å². The second-order valence-electron chi connectivity index (χ2n) is 4.34. The number of aromatic nitrogens is 1. The molecule has 0 bridgehead atoms. The number of methoxy groups -OCH3 is 1. The van der Waals surface area contributed by atoms with Crippen molar-refractivity contribution in [2.75, 3.05) is 7.11 Å². The summed E-state index contributed by atoms with van der Waals surface area (Å²) < 4.78 is 4.62. The molecule has 106 valence electrons. The number of carbonyl (C=O) groups is 2. The molecule has 5 nitrogen and oxygen atoms in total. The monoisotopic (exact) mass is 282 g/mol. The van der Waals surface area contributed by atoms with Crippen LogP contribution in [0.4, 0.5) is 0 Å². The fourth-order valence-electron chi connectivity index (χ4n) is 1.98. The third kappa shape index (κ3) is 3.18. The molecule has 2 aromatic rings. The number of esters is 1. The number of nitrogens with zero attached hydrogens (tertiary/aromatic N) is 1. The van der Waals surface area contributed by atoms with Crippen LogP contribution < -0.4 is 5.32 Å². The predicted molar refractivity (Wildman–Crippen MR) is 78.5 cm³/mol. The number of terminal acetylenes is 1. The highest BCUT2D eigenvalue weighted by Gasteiger charge is 2.22. The molecule has 0 aliphatic heterocycles. The van der Waals surface area contributed by atoms with E-state index >= 15 is 0 Å². The molecule has 0 saturated carbocycles. The molecule has 1 heterocycles. The molecule has 0 fully saturated rings. The van der Waals surface area contributed by atoms with E-state index in [4.69, 9.17) is 6.42 Å². The van der Waals surface area contributed by atoms with E-state index < -0.39 is 17.9 Å². The second kappa shape index (κ2) is 6.53. The van der Waals surface area contributed by atoms with Gasteiger partial charge in [0.1, 0.15) is 6.04 Å². The minimum atomic E-state index is -0.869. The van der Waals surface area contributed by atoms with Gasteiger partial charge in [-0.2, -0.15) is 0 Å². The summed E-state index contributed by atoms with van der Waals surface area (Å²) in [5.41, 5.74) is 0.959. The molecule has 2 rings (SSSR count). The highest BCUT2D eigenvalue weighted by atomic mass is 16.5. The average molecular weight is 282 g/mol. The molecular formula is C16H14N2O3. The number of para-hydroxylation sites is 1. The Hall–Kier alpha value is -2.87. The predicted octanol–water partition coefficient (Wildman–Crippen LogP) is 1.53. The number of pyridine rings is 1. The fraction of sp³-hybridized carbons (Fsp3) is 0.188. The van der Waals surface area contributed by atoms with Crippen LogP contribution in [0, 0.1) is 12.3 Å². The first kappa shape index (κ1) is 14.5. The lowest BCUT2D eigenvalue weighted by molar-refractivity contribution is -0.142. The number of ether oxygens (including phenoxy) is 1. The standard InChI is InChI=1S/C16H14N2O3/c1-3-6-13(16(20)21-2)18-15(19)12-9-4-7-11-8-5-10-17-14(11)12/h1,4-5,7-10,13H,6H2,2H3,(H,18,19)/t13-/m0/s1. The molecular weight excluding hydrogens is 268 g/mol. The third-order valence-corrected chi connectivity index (χ3v) is 2.99. The maximum absolute atomic E-state index is 12.3. The zero-order valence-electron chi connectivity index (χ0n) is 11.5. The van der Waals surface area contributed by atoms with Crippen molar-refractivity contribution >= 4 is 22.8 Å². The van der Waals surface area contributed by atoms with Crippen molar-refractivity contribution in [1.29, 1.82) is 0 Å². The third-order valence-electron chi connectivity index (χ3n) is 2.99. The molecule has 0 radical (unpaired) electrons. The molecule has 1 atom stereocenters. The van der Waals surface area contributed by atoms with Crippen LogP contribution in [0.25, 0.3) is 10.9 Å². The first-order valence-corrected chi connectivity index (χ1v) is 6.33. The summed E-state index contributed by atoms with van der Waals surface area (Å²) in [5.74, 6) is 1.36. The summed E-state index contributed by atoms with van der Waals surface area (Å²) in [6, 6.07) is 8.05. The van der Waals surface area contributed by atoms with Crippen LogP contribution in [0.3, 0.4) is 0 Å². The van der Waals surface area contributed by atoms with Gasteiger partial charge < -0.3 is 10.1 Å². The summed E-state index contributed by atoms with van der Waals surface area (Å²) in [6.07, 6.45) is 6.88. The smallest absolute Gasteiger partial charge is 0.329 e. The number of hydrogen-bond donors (Lipinski definition) is 1. The van der Waals surface area contributed by atoms with Gasteiger partial charge in [0.25, 0.3) is 5.91 Å². The second-order valence-corrected chi connectivity index (χ2v) is 4.34. The molecule has 0 unspecified atom stereocenters. The number of nitrogens with one attached hydrogen (secondary N) is 1. The minimum absolute atomic E-state index is 0.0661. The number of carbonyl (C=O) groups excluding carboxylic acids is 2. The van der Waals surface area contributed by atoms with E-state index in [9.17, 15) is 9.59 Å². The van der Waals surface area contributed by atoms with Gasteiger partial charge in [-0.25, -0.2) is 4.79 Å². The molecule has 0 spiro atoms. The van der Waals surface area contributed by atoms with Gasteiger partial charge in [0.15, 0.2) is 0 Å². The van der Waals surface area contributed by atoms with E-state index in [-0.39, 0.29) is 6.42 Å². The number of fused-ring (bicyclic) bond motifs is 1. The first-order chi connectivity index (χ1) is 10.2. The van der Waals surface area contributed by atoms with Gasteiger partial charge in [0.2, 0.25) is 0 Å². The van der Waals surface area contributed by atoms with E-state index in [1.807, 2.05) is 12.1 Å². The van der Waals surface area contributed by atoms with Crippen LogP contribution in [0.5, 0.6) is 0 Å². The number of amides is 1. The molecule has 21 heavy (non-hydrogen) atoms. The Bertz CT molecular complexity index is 714. The highest BCUT2D eigenvalue weighted by molar-refractivity contribution is 6.06. The molecule has 5 heteroatoms. The molecule has 1 aromatic heterocycles. The van der Waals surface area contributed by atoms with E-state index in [0.717, 1.165) is 5.39 Å². The lowest BCUT2D eigenvalue weighted by atomic mass is 10.1. The SMILES string of the molecule is C#CC[C@H](NC(=O)c1cccc2cccnc12)C(=O)OC. The lowest BCUT2D eigenvalue weighted by Gasteiger charge is -2.14. The number of hydrogen-bond acceptors (Lipinski definition) is 4. The highest BCUT2D eigenvalue weighted by Crippen LogP contribution is 2.16. The Kier molecular flexibility index (Phi) is 4.52. The summed E-state index contributed by atoms with van der Waals surface area (Å²) in [6.45, 7) is 0. The minimum Gasteiger partial charge on any atom is -0.467 e. The van der Waals surface area contributed by atoms with Gasteiger partial charge >= 0.3 is 5.97 Å². The molecule has 1 amide bonds. The fourth-order valence-corrected chi connectivity index (χ4v) is 1.98. The van der Waals surface area contributed by atoms with Crippen LogP contribution in [-0.2, 0) is 9.53 Å². The normalized spacial score (nSPS) is 11.4. The summed E-state index contributed by atoms with van der Waals surface area (Å²) in [7, 11) is 1.25. The number of benzene rings is 1. The van der Waals surface area contributed by atoms with E-state index in [0.29, 0.717) is 11.1 Å². The maximum Gasteiger partial charge on any atom is 0.329 e. The van der Waals surface area contributed by atoms with E-state index in [2.05, 4.69) is 21.0 Å². The lowest BCUT2D eigenvalue weighted by Crippen LogP contribution is -2.41. The Morgan fingerprint density at radius 1 is 1.38 bits per heavy atom. The summed E-state index contributed by atoms with van der Waals surface area (Å²) in [5, 5.41) is 3.43. The van der Waals surface area contributed by atoms with Gasteiger partial charge in [-0.3, -0.25) is 9.78 Å².